The number of carbonyl (C=O) groups is 2. The number of esters is 2. The summed E-state index contributed by atoms with van der Waals surface area (Å²) in [6, 6.07) is 26.1. The van der Waals surface area contributed by atoms with Crippen molar-refractivity contribution in [3.63, 3.8) is 0 Å². The third-order valence-corrected chi connectivity index (χ3v) is 11.6. The van der Waals surface area contributed by atoms with Gasteiger partial charge >= 0.3 is 11.9 Å². The van der Waals surface area contributed by atoms with E-state index in [1.165, 1.54) is 5.56 Å². The number of phenolic OH excluding ortho intramolecular Hbond substituents is 1. The Balaban J connectivity index is 1.37. The molecule has 6 aliphatic rings. The van der Waals surface area contributed by atoms with Crippen LogP contribution in [0.2, 0.25) is 0 Å². The number of rotatable bonds is 8. The van der Waals surface area contributed by atoms with Gasteiger partial charge in [-0.2, -0.15) is 0 Å². The van der Waals surface area contributed by atoms with Gasteiger partial charge in [-0.3, -0.25) is 0 Å². The number of allylic oxidation sites excluding steroid dienone is 5. The number of aromatic hydroxyl groups is 1. The number of hydrogen-bond acceptors (Lipinski definition) is 5. The van der Waals surface area contributed by atoms with Gasteiger partial charge < -0.3 is 14.6 Å². The molecule has 0 aromatic heterocycles. The van der Waals surface area contributed by atoms with Crippen LogP contribution in [0.1, 0.15) is 69.9 Å². The smallest absolute Gasteiger partial charge is 0.340 e. The first-order valence-electron chi connectivity index (χ1n) is 17.7. The summed E-state index contributed by atoms with van der Waals surface area (Å²) in [5.74, 6) is 1.11. The van der Waals surface area contributed by atoms with Crippen LogP contribution in [0.4, 0.5) is 0 Å². The highest BCUT2D eigenvalue weighted by Gasteiger charge is 2.68. The fraction of sp³-hybridized carbons (Fsp3) is 0.349. The van der Waals surface area contributed by atoms with Crippen LogP contribution in [-0.2, 0) is 25.5 Å². The number of benzene rings is 3. The Morgan fingerprint density at radius 2 is 1.67 bits per heavy atom. The van der Waals surface area contributed by atoms with Crippen LogP contribution in [0.15, 0.2) is 119 Å². The van der Waals surface area contributed by atoms with Gasteiger partial charge in [-0.15, -0.1) is 0 Å². The van der Waals surface area contributed by atoms with Crippen molar-refractivity contribution in [2.24, 2.45) is 29.1 Å². The maximum atomic E-state index is 14.5. The van der Waals surface area contributed by atoms with Crippen LogP contribution in [0.25, 0.3) is 16.7 Å². The molecule has 0 amide bonds. The lowest BCUT2D eigenvalue weighted by molar-refractivity contribution is -0.135. The summed E-state index contributed by atoms with van der Waals surface area (Å²) in [4.78, 5) is 28.4. The summed E-state index contributed by atoms with van der Waals surface area (Å²) in [7, 11) is 0. The minimum atomic E-state index is -0.782. The summed E-state index contributed by atoms with van der Waals surface area (Å²) >= 11 is 0. The Morgan fingerprint density at radius 1 is 0.896 bits per heavy atom. The zero-order valence-corrected chi connectivity index (χ0v) is 27.7. The standard InChI is InChI=1S/C43H42O5/c1-3-5-16-35-33-20-19-32-31-21-22-43(39(32)38(33)41(45)47-35)36(24-26(4-2)23-27-12-8-6-9-13-27)48-42(46)40(43)37(31)34-25-29(44)17-18-30(34)28-14-10-7-11-15-28/h6-18,24-26,31-32,39,44H,3-5,19-23H2,1-2H3/t26-,31+,32+,39+,43+/m1/s1. The number of hydrogen-bond donors (Lipinski definition) is 1. The number of unbranched alkanes of at least 4 members (excludes halogenated alkanes) is 1. The molecule has 2 aliphatic heterocycles. The van der Waals surface area contributed by atoms with E-state index in [1.54, 1.807) is 6.07 Å². The first-order chi connectivity index (χ1) is 23.4. The van der Waals surface area contributed by atoms with Crippen LogP contribution in [-0.4, -0.2) is 17.0 Å². The zero-order valence-electron chi connectivity index (χ0n) is 27.7. The highest BCUT2D eigenvalue weighted by molar-refractivity contribution is 6.07. The first kappa shape index (κ1) is 30.7. The van der Waals surface area contributed by atoms with Crippen molar-refractivity contribution < 1.29 is 24.2 Å². The van der Waals surface area contributed by atoms with Gasteiger partial charge in [0.05, 0.1) is 11.0 Å². The van der Waals surface area contributed by atoms with E-state index in [9.17, 15) is 14.7 Å². The molecule has 2 bridgehead atoms. The van der Waals surface area contributed by atoms with Crippen LogP contribution < -0.4 is 0 Å². The minimum absolute atomic E-state index is 0.0415. The topological polar surface area (TPSA) is 72.8 Å². The van der Waals surface area contributed by atoms with Crippen molar-refractivity contribution in [1.82, 2.24) is 0 Å². The van der Waals surface area contributed by atoms with Gasteiger partial charge in [0.2, 0.25) is 0 Å². The van der Waals surface area contributed by atoms with Crippen molar-refractivity contribution >= 4 is 17.5 Å². The summed E-state index contributed by atoms with van der Waals surface area (Å²) in [5, 5.41) is 10.9. The summed E-state index contributed by atoms with van der Waals surface area (Å²) in [6.07, 6.45) is 11.1. The van der Waals surface area contributed by atoms with Crippen molar-refractivity contribution in [1.29, 1.82) is 0 Å². The monoisotopic (exact) mass is 638 g/mol. The molecule has 5 heteroatoms. The molecule has 3 aromatic rings. The summed E-state index contributed by atoms with van der Waals surface area (Å²) in [6.45, 7) is 4.31. The maximum absolute atomic E-state index is 14.5. The quantitative estimate of drug-likeness (QED) is 0.249. The van der Waals surface area contributed by atoms with Crippen LogP contribution in [0.5, 0.6) is 5.75 Å². The van der Waals surface area contributed by atoms with Gasteiger partial charge in [-0.25, -0.2) is 9.59 Å². The van der Waals surface area contributed by atoms with E-state index < -0.39 is 5.41 Å². The van der Waals surface area contributed by atoms with Gasteiger partial charge in [0.25, 0.3) is 0 Å². The Hall–Kier alpha value is -4.64. The Kier molecular flexibility index (Phi) is 7.74. The van der Waals surface area contributed by atoms with E-state index in [0.717, 1.165) is 84.8 Å². The Bertz CT molecular complexity index is 1910. The van der Waals surface area contributed by atoms with Crippen molar-refractivity contribution in [2.75, 3.05) is 0 Å². The molecule has 0 radical (unpaired) electrons. The normalized spacial score (nSPS) is 28.0. The molecule has 5 atom stereocenters. The Morgan fingerprint density at radius 3 is 2.42 bits per heavy atom. The second-order valence-corrected chi connectivity index (χ2v) is 14.1. The SMILES string of the molecule is CCCC=C1OC(=O)C2=C1CC[C@H]1[C@@H]3CC[C@]4(C(=C[C@H](CC)Cc5ccccc5)OC(=O)C4=C3c3cc(O)ccc3-c3ccccc3)[C@H]21. The zero-order chi connectivity index (χ0) is 33.0. The van der Waals surface area contributed by atoms with E-state index in [-0.39, 0.29) is 41.4 Å². The lowest BCUT2D eigenvalue weighted by atomic mass is 9.44. The highest BCUT2D eigenvalue weighted by atomic mass is 16.5. The molecule has 1 saturated carbocycles. The summed E-state index contributed by atoms with van der Waals surface area (Å²) in [5.41, 5.74) is 6.80. The molecule has 1 N–H and O–H groups in total. The predicted octanol–water partition coefficient (Wildman–Crippen LogP) is 9.50. The molecule has 48 heavy (non-hydrogen) atoms. The molecule has 4 aliphatic carbocycles. The van der Waals surface area contributed by atoms with E-state index in [4.69, 9.17) is 9.47 Å². The number of phenols is 1. The second kappa shape index (κ2) is 12.1. The van der Waals surface area contributed by atoms with Gasteiger partial charge in [0, 0.05) is 17.1 Å². The average molecular weight is 639 g/mol. The Labute approximate surface area is 282 Å². The van der Waals surface area contributed by atoms with Gasteiger partial charge in [0.15, 0.2) is 0 Å². The molecule has 9 rings (SSSR count). The average Bonchev–Trinajstić information content (AvgIpc) is 3.60. The number of ether oxygens (including phenoxy) is 2. The minimum Gasteiger partial charge on any atom is -0.508 e. The maximum Gasteiger partial charge on any atom is 0.340 e. The van der Waals surface area contributed by atoms with Crippen molar-refractivity contribution in [3.8, 4) is 16.9 Å². The predicted molar refractivity (Wildman–Crippen MR) is 186 cm³/mol. The van der Waals surface area contributed by atoms with E-state index in [2.05, 4.69) is 62.4 Å². The molecule has 1 saturated heterocycles. The van der Waals surface area contributed by atoms with Gasteiger partial charge in [-0.1, -0.05) is 87.0 Å². The molecule has 0 unspecified atom stereocenters. The van der Waals surface area contributed by atoms with Gasteiger partial charge in [0.1, 0.15) is 17.3 Å². The largest absolute Gasteiger partial charge is 0.508 e. The molecule has 2 heterocycles. The van der Waals surface area contributed by atoms with E-state index in [1.807, 2.05) is 36.4 Å². The molecule has 244 valence electrons. The lowest BCUT2D eigenvalue weighted by Crippen LogP contribution is -2.52. The third kappa shape index (κ3) is 4.73. The third-order valence-electron chi connectivity index (χ3n) is 11.6. The van der Waals surface area contributed by atoms with Crippen molar-refractivity contribution in [2.45, 2.75) is 65.2 Å². The molecule has 3 aromatic carbocycles. The number of fused-ring (bicyclic) bond motifs is 1. The summed E-state index contributed by atoms with van der Waals surface area (Å²) < 4.78 is 12.5. The second-order valence-electron chi connectivity index (χ2n) is 14.1. The fourth-order valence-corrected chi connectivity index (χ4v) is 9.57. The highest BCUT2D eigenvalue weighted by Crippen LogP contribution is 2.72. The molecule has 1 spiro atoms. The van der Waals surface area contributed by atoms with Crippen LogP contribution in [0, 0.1) is 29.1 Å². The van der Waals surface area contributed by atoms with Crippen LogP contribution >= 0.6 is 0 Å². The van der Waals surface area contributed by atoms with E-state index in [0.29, 0.717) is 17.1 Å². The van der Waals surface area contributed by atoms with Crippen LogP contribution in [0.3, 0.4) is 0 Å². The molecular formula is C43H42O5. The van der Waals surface area contributed by atoms with Crippen molar-refractivity contribution in [3.05, 3.63) is 130 Å². The fourth-order valence-electron chi connectivity index (χ4n) is 9.57. The van der Waals surface area contributed by atoms with E-state index >= 15 is 0 Å². The molecular weight excluding hydrogens is 596 g/mol. The number of carbonyl (C=O) groups excluding carboxylic acids is 2. The molecule has 5 nitrogen and oxygen atoms in total. The first-order valence-corrected chi connectivity index (χ1v) is 17.7. The molecule has 2 fully saturated rings. The van der Waals surface area contributed by atoms with Gasteiger partial charge in [-0.05, 0) is 115 Å². The number of cyclic esters (lactones) is 2. The lowest BCUT2D eigenvalue weighted by Gasteiger charge is -2.56.